The molecule has 0 bridgehead atoms. The van der Waals surface area contributed by atoms with Crippen molar-refractivity contribution in [1.29, 1.82) is 0 Å². The lowest BCUT2D eigenvalue weighted by Crippen LogP contribution is -2.48. The predicted molar refractivity (Wildman–Crippen MR) is 126 cm³/mol. The number of nitrogens with zero attached hydrogens (tertiary/aromatic N) is 7. The van der Waals surface area contributed by atoms with Gasteiger partial charge in [0.25, 0.3) is 0 Å². The van der Waals surface area contributed by atoms with Crippen LogP contribution in [0.4, 0.5) is 5.13 Å². The van der Waals surface area contributed by atoms with Gasteiger partial charge < -0.3 is 9.64 Å². The number of tetrazole rings is 1. The molecule has 32 heavy (non-hydrogen) atoms. The van der Waals surface area contributed by atoms with Crippen LogP contribution in [0.5, 0.6) is 5.75 Å². The Morgan fingerprint density at radius 1 is 0.969 bits per heavy atom. The fourth-order valence-corrected chi connectivity index (χ4v) is 5.24. The highest BCUT2D eigenvalue weighted by Gasteiger charge is 2.31. The van der Waals surface area contributed by atoms with Crippen molar-refractivity contribution in [2.45, 2.75) is 25.9 Å². The van der Waals surface area contributed by atoms with Crippen LogP contribution in [-0.2, 0) is 0 Å². The van der Waals surface area contributed by atoms with Gasteiger partial charge in [0, 0.05) is 26.2 Å². The Hall–Kier alpha value is -3.04. The van der Waals surface area contributed by atoms with Crippen LogP contribution in [0.15, 0.2) is 48.5 Å². The maximum Gasteiger partial charge on any atom is 0.186 e. The van der Waals surface area contributed by atoms with Crippen LogP contribution in [0.3, 0.4) is 0 Å². The molecule has 1 atom stereocenters. The molecule has 0 radical (unpaired) electrons. The normalized spacial score (nSPS) is 16.1. The number of piperazine rings is 1. The predicted octanol–water partition coefficient (Wildman–Crippen LogP) is 3.78. The van der Waals surface area contributed by atoms with Crippen LogP contribution in [0.1, 0.15) is 37.3 Å². The fraction of sp³-hybridized carbons (Fsp3) is 0.391. The van der Waals surface area contributed by atoms with Crippen LogP contribution in [0.2, 0.25) is 0 Å². The topological polar surface area (TPSA) is 72.2 Å². The Bertz CT molecular complexity index is 1150. The summed E-state index contributed by atoms with van der Waals surface area (Å²) in [6.45, 7) is 7.84. The van der Waals surface area contributed by atoms with E-state index in [4.69, 9.17) is 9.72 Å². The minimum atomic E-state index is -0.0178. The summed E-state index contributed by atoms with van der Waals surface area (Å²) in [6.07, 6.45) is 0. The van der Waals surface area contributed by atoms with Crippen molar-refractivity contribution in [3.8, 4) is 5.75 Å². The van der Waals surface area contributed by atoms with Gasteiger partial charge in [-0.2, -0.15) is 0 Å². The number of benzene rings is 2. The second kappa shape index (κ2) is 8.84. The fourth-order valence-electron chi connectivity index (χ4n) is 4.22. The molecule has 0 N–H and O–H groups in total. The van der Waals surface area contributed by atoms with Gasteiger partial charge in [-0.25, -0.2) is 9.67 Å². The molecule has 5 rings (SSSR count). The summed E-state index contributed by atoms with van der Waals surface area (Å²) in [5, 5.41) is 13.8. The number of para-hydroxylation sites is 1. The number of hydrogen-bond donors (Lipinski definition) is 0. The first-order valence-corrected chi connectivity index (χ1v) is 11.7. The SMILES string of the molecule is COc1ccc([C@H](c2nnnn2C(C)C)N2CCN(c3nc4ccccc4s3)CC2)cc1. The molecule has 3 heterocycles. The number of rotatable bonds is 6. The Morgan fingerprint density at radius 3 is 2.41 bits per heavy atom. The van der Waals surface area contributed by atoms with Crippen molar-refractivity contribution in [2.24, 2.45) is 0 Å². The van der Waals surface area contributed by atoms with Crippen LogP contribution >= 0.6 is 11.3 Å². The van der Waals surface area contributed by atoms with Gasteiger partial charge in [-0.3, -0.25) is 4.90 Å². The van der Waals surface area contributed by atoms with E-state index in [9.17, 15) is 0 Å². The highest BCUT2D eigenvalue weighted by Crippen LogP contribution is 2.33. The molecule has 1 saturated heterocycles. The van der Waals surface area contributed by atoms with E-state index in [-0.39, 0.29) is 12.1 Å². The lowest BCUT2D eigenvalue weighted by atomic mass is 10.0. The van der Waals surface area contributed by atoms with Crippen molar-refractivity contribution in [1.82, 2.24) is 30.1 Å². The van der Waals surface area contributed by atoms with Crippen molar-refractivity contribution in [2.75, 3.05) is 38.2 Å². The van der Waals surface area contributed by atoms with Crippen LogP contribution in [0.25, 0.3) is 10.2 Å². The van der Waals surface area contributed by atoms with Gasteiger partial charge in [-0.05, 0) is 54.1 Å². The largest absolute Gasteiger partial charge is 0.497 e. The van der Waals surface area contributed by atoms with E-state index in [2.05, 4.69) is 69.5 Å². The van der Waals surface area contributed by atoms with E-state index in [0.29, 0.717) is 0 Å². The molecule has 0 saturated carbocycles. The summed E-state index contributed by atoms with van der Waals surface area (Å²) in [6, 6.07) is 16.7. The monoisotopic (exact) mass is 449 g/mol. The van der Waals surface area contributed by atoms with E-state index < -0.39 is 0 Å². The van der Waals surface area contributed by atoms with Gasteiger partial charge in [0.1, 0.15) is 5.75 Å². The Kier molecular flexibility index (Phi) is 5.75. The molecule has 2 aromatic heterocycles. The van der Waals surface area contributed by atoms with Gasteiger partial charge in [0.15, 0.2) is 11.0 Å². The maximum absolute atomic E-state index is 5.36. The number of ether oxygens (including phenoxy) is 1. The molecule has 2 aromatic carbocycles. The molecule has 0 unspecified atom stereocenters. The number of aromatic nitrogens is 5. The third kappa shape index (κ3) is 3.93. The van der Waals surface area contributed by atoms with Gasteiger partial charge in [0.05, 0.1) is 29.4 Å². The molecule has 0 aliphatic carbocycles. The second-order valence-corrected chi connectivity index (χ2v) is 9.25. The van der Waals surface area contributed by atoms with E-state index in [0.717, 1.165) is 54.0 Å². The number of methoxy groups -OCH3 is 1. The zero-order chi connectivity index (χ0) is 22.1. The van der Waals surface area contributed by atoms with E-state index in [1.165, 1.54) is 4.70 Å². The van der Waals surface area contributed by atoms with Gasteiger partial charge >= 0.3 is 0 Å². The minimum absolute atomic E-state index is 0.0178. The summed E-state index contributed by atoms with van der Waals surface area (Å²) < 4.78 is 8.52. The first kappa shape index (κ1) is 20.8. The number of fused-ring (bicyclic) bond motifs is 1. The lowest BCUT2D eigenvalue weighted by Gasteiger charge is -2.39. The van der Waals surface area contributed by atoms with Crippen molar-refractivity contribution in [3.63, 3.8) is 0 Å². The second-order valence-electron chi connectivity index (χ2n) is 8.24. The molecule has 9 heteroatoms. The first-order chi connectivity index (χ1) is 15.6. The van der Waals surface area contributed by atoms with Crippen LogP contribution in [0, 0.1) is 0 Å². The summed E-state index contributed by atoms with van der Waals surface area (Å²) in [5.41, 5.74) is 2.23. The summed E-state index contributed by atoms with van der Waals surface area (Å²) in [4.78, 5) is 9.70. The molecular formula is C23H27N7OS. The first-order valence-electron chi connectivity index (χ1n) is 10.9. The van der Waals surface area contributed by atoms with Gasteiger partial charge in [-0.1, -0.05) is 35.6 Å². The quantitative estimate of drug-likeness (QED) is 0.443. The van der Waals surface area contributed by atoms with E-state index >= 15 is 0 Å². The molecule has 166 valence electrons. The number of thiazole rings is 1. The zero-order valence-electron chi connectivity index (χ0n) is 18.5. The van der Waals surface area contributed by atoms with E-state index in [1.54, 1.807) is 18.4 Å². The van der Waals surface area contributed by atoms with Crippen molar-refractivity contribution in [3.05, 3.63) is 59.9 Å². The number of anilines is 1. The van der Waals surface area contributed by atoms with Crippen LogP contribution in [-0.4, -0.2) is 63.4 Å². The Balaban J connectivity index is 1.41. The van der Waals surface area contributed by atoms with Crippen LogP contribution < -0.4 is 9.64 Å². The third-order valence-electron chi connectivity index (χ3n) is 5.92. The van der Waals surface area contributed by atoms with E-state index in [1.807, 2.05) is 22.9 Å². The highest BCUT2D eigenvalue weighted by molar-refractivity contribution is 7.22. The molecular weight excluding hydrogens is 422 g/mol. The molecule has 0 amide bonds. The summed E-state index contributed by atoms with van der Waals surface area (Å²) >= 11 is 1.76. The summed E-state index contributed by atoms with van der Waals surface area (Å²) in [5.74, 6) is 1.72. The average molecular weight is 450 g/mol. The Morgan fingerprint density at radius 2 is 1.72 bits per heavy atom. The number of hydrogen-bond acceptors (Lipinski definition) is 8. The lowest BCUT2D eigenvalue weighted by molar-refractivity contribution is 0.199. The Labute approximate surface area is 191 Å². The molecule has 0 spiro atoms. The average Bonchev–Trinajstić information content (AvgIpc) is 3.48. The standard InChI is InChI=1S/C23H27N7OS/c1-16(2)30-22(25-26-27-30)21(17-8-10-18(31-3)11-9-17)28-12-14-29(15-13-28)23-24-19-6-4-5-7-20(19)32-23/h4-11,16,21H,12-15H2,1-3H3/t21-/m1/s1. The minimum Gasteiger partial charge on any atom is -0.497 e. The molecule has 1 aliphatic rings. The molecule has 8 nitrogen and oxygen atoms in total. The van der Waals surface area contributed by atoms with Crippen molar-refractivity contribution < 1.29 is 4.74 Å². The zero-order valence-corrected chi connectivity index (χ0v) is 19.4. The third-order valence-corrected chi connectivity index (χ3v) is 7.01. The van der Waals surface area contributed by atoms with Gasteiger partial charge in [0.2, 0.25) is 0 Å². The molecule has 1 aliphatic heterocycles. The smallest absolute Gasteiger partial charge is 0.186 e. The summed E-state index contributed by atoms with van der Waals surface area (Å²) in [7, 11) is 1.69. The highest BCUT2D eigenvalue weighted by atomic mass is 32.1. The molecule has 4 aromatic rings. The van der Waals surface area contributed by atoms with Gasteiger partial charge in [-0.15, -0.1) is 5.10 Å². The maximum atomic E-state index is 5.36. The van der Waals surface area contributed by atoms with Crippen molar-refractivity contribution >= 4 is 26.7 Å². The molecule has 1 fully saturated rings.